The van der Waals surface area contributed by atoms with Crippen molar-refractivity contribution in [3.63, 3.8) is 0 Å². The van der Waals surface area contributed by atoms with Crippen molar-refractivity contribution in [2.75, 3.05) is 14.2 Å². The van der Waals surface area contributed by atoms with Crippen LogP contribution in [0.15, 0.2) is 18.2 Å². The Morgan fingerprint density at radius 2 is 1.78 bits per heavy atom. The molecule has 0 spiro atoms. The van der Waals surface area contributed by atoms with Crippen LogP contribution in [-0.4, -0.2) is 19.5 Å². The van der Waals surface area contributed by atoms with Gasteiger partial charge in [-0.25, -0.2) is 0 Å². The predicted octanol–water partition coefficient (Wildman–Crippen LogP) is 3.28. The van der Waals surface area contributed by atoms with Gasteiger partial charge in [0.15, 0.2) is 11.5 Å². The van der Waals surface area contributed by atoms with Crippen molar-refractivity contribution in [1.82, 2.24) is 0 Å². The maximum Gasteiger partial charge on any atom is 0.232 e. The fourth-order valence-electron chi connectivity index (χ4n) is 2.71. The second kappa shape index (κ2) is 5.19. The van der Waals surface area contributed by atoms with Gasteiger partial charge >= 0.3 is 0 Å². The van der Waals surface area contributed by atoms with Gasteiger partial charge in [0, 0.05) is 0 Å². The summed E-state index contributed by atoms with van der Waals surface area (Å²) in [6.07, 6.45) is 3.69. The van der Waals surface area contributed by atoms with Crippen molar-refractivity contribution in [2.24, 2.45) is 0 Å². The quantitative estimate of drug-likeness (QED) is 0.786. The van der Waals surface area contributed by atoms with Gasteiger partial charge in [-0.15, -0.1) is 0 Å². The first kappa shape index (κ1) is 13.2. The minimum atomic E-state index is -0.541. The number of hydrogen-bond acceptors (Lipinski definition) is 3. The van der Waals surface area contributed by atoms with E-state index in [9.17, 15) is 4.79 Å². The van der Waals surface area contributed by atoms with E-state index in [1.165, 1.54) is 0 Å². The van der Waals surface area contributed by atoms with Crippen LogP contribution in [-0.2, 0) is 10.2 Å². The zero-order valence-electron chi connectivity index (χ0n) is 10.7. The molecule has 1 aromatic carbocycles. The van der Waals surface area contributed by atoms with Gasteiger partial charge in [0.25, 0.3) is 0 Å². The van der Waals surface area contributed by atoms with E-state index in [4.69, 9.17) is 21.1 Å². The van der Waals surface area contributed by atoms with Gasteiger partial charge in [0.1, 0.15) is 0 Å². The van der Waals surface area contributed by atoms with E-state index < -0.39 is 5.41 Å². The molecule has 0 atom stereocenters. The highest BCUT2D eigenvalue weighted by Gasteiger charge is 2.42. The minimum Gasteiger partial charge on any atom is -0.493 e. The summed E-state index contributed by atoms with van der Waals surface area (Å²) >= 11 is 5.83. The molecular formula is C14H17ClO3. The van der Waals surface area contributed by atoms with Crippen LogP contribution in [0.4, 0.5) is 0 Å². The average molecular weight is 269 g/mol. The normalized spacial score (nSPS) is 17.5. The van der Waals surface area contributed by atoms with E-state index >= 15 is 0 Å². The molecule has 2 rings (SSSR count). The van der Waals surface area contributed by atoms with Gasteiger partial charge in [-0.05, 0) is 42.1 Å². The molecule has 1 aliphatic carbocycles. The topological polar surface area (TPSA) is 35.5 Å². The number of ether oxygens (including phenoxy) is 2. The van der Waals surface area contributed by atoms with Crippen molar-refractivity contribution in [3.8, 4) is 11.5 Å². The lowest BCUT2D eigenvalue weighted by molar-refractivity contribution is -0.116. The van der Waals surface area contributed by atoms with Crippen molar-refractivity contribution in [3.05, 3.63) is 23.8 Å². The third-order valence-electron chi connectivity index (χ3n) is 3.77. The lowest BCUT2D eigenvalue weighted by atomic mass is 9.80. The van der Waals surface area contributed by atoms with Crippen LogP contribution < -0.4 is 9.47 Å². The molecule has 0 aliphatic heterocycles. The Kier molecular flexibility index (Phi) is 3.81. The Morgan fingerprint density at radius 3 is 2.28 bits per heavy atom. The van der Waals surface area contributed by atoms with Crippen molar-refractivity contribution < 1.29 is 14.3 Å². The number of carbonyl (C=O) groups excluding carboxylic acids is 1. The molecule has 0 amide bonds. The fourth-order valence-corrected chi connectivity index (χ4v) is 3.01. The highest BCUT2D eigenvalue weighted by molar-refractivity contribution is 6.65. The van der Waals surface area contributed by atoms with E-state index in [2.05, 4.69) is 0 Å². The van der Waals surface area contributed by atoms with E-state index in [0.717, 1.165) is 31.2 Å². The van der Waals surface area contributed by atoms with Gasteiger partial charge < -0.3 is 9.47 Å². The Morgan fingerprint density at radius 1 is 1.17 bits per heavy atom. The first-order valence-corrected chi connectivity index (χ1v) is 6.44. The average Bonchev–Trinajstić information content (AvgIpc) is 2.88. The maximum atomic E-state index is 11.8. The Bertz CT molecular complexity index is 450. The summed E-state index contributed by atoms with van der Waals surface area (Å²) in [5.41, 5.74) is 0.388. The summed E-state index contributed by atoms with van der Waals surface area (Å²) < 4.78 is 10.5. The van der Waals surface area contributed by atoms with E-state index in [-0.39, 0.29) is 5.24 Å². The summed E-state index contributed by atoms with van der Waals surface area (Å²) in [5, 5.41) is -0.271. The SMILES string of the molecule is COc1ccc(C2(C(=O)Cl)CCCC2)cc1OC. The van der Waals surface area contributed by atoms with E-state index in [0.29, 0.717) is 11.5 Å². The van der Waals surface area contributed by atoms with Crippen LogP contribution in [0.3, 0.4) is 0 Å². The number of hydrogen-bond donors (Lipinski definition) is 0. The fraction of sp³-hybridized carbons (Fsp3) is 0.500. The molecule has 0 aromatic heterocycles. The standard InChI is InChI=1S/C14H17ClO3/c1-17-11-6-5-10(9-12(11)18-2)14(13(15)16)7-3-4-8-14/h5-6,9H,3-4,7-8H2,1-2H3. The number of rotatable bonds is 4. The lowest BCUT2D eigenvalue weighted by Crippen LogP contribution is -2.29. The zero-order valence-corrected chi connectivity index (χ0v) is 11.4. The van der Waals surface area contributed by atoms with Crippen LogP contribution in [0.2, 0.25) is 0 Å². The summed E-state index contributed by atoms with van der Waals surface area (Å²) in [4.78, 5) is 11.8. The third kappa shape index (κ3) is 2.07. The second-order valence-corrected chi connectivity index (χ2v) is 4.98. The van der Waals surface area contributed by atoms with Crippen LogP contribution in [0, 0.1) is 0 Å². The molecule has 4 heteroatoms. The van der Waals surface area contributed by atoms with Crippen LogP contribution >= 0.6 is 11.6 Å². The predicted molar refractivity (Wildman–Crippen MR) is 70.6 cm³/mol. The van der Waals surface area contributed by atoms with E-state index in [1.807, 2.05) is 18.2 Å². The molecule has 1 saturated carbocycles. The number of benzene rings is 1. The second-order valence-electron chi connectivity index (χ2n) is 4.63. The Hall–Kier alpha value is -1.22. The molecule has 0 bridgehead atoms. The van der Waals surface area contributed by atoms with Crippen molar-refractivity contribution >= 4 is 16.8 Å². The molecule has 0 heterocycles. The number of halogens is 1. The highest BCUT2D eigenvalue weighted by atomic mass is 35.5. The minimum absolute atomic E-state index is 0.271. The molecule has 1 aromatic rings. The molecule has 1 fully saturated rings. The van der Waals surface area contributed by atoms with E-state index in [1.54, 1.807) is 14.2 Å². The molecule has 1 aliphatic rings. The molecule has 3 nitrogen and oxygen atoms in total. The summed E-state index contributed by atoms with van der Waals surface area (Å²) in [6, 6.07) is 5.60. The van der Waals surface area contributed by atoms with Gasteiger partial charge in [0.05, 0.1) is 19.6 Å². The molecule has 0 saturated heterocycles. The first-order valence-electron chi connectivity index (χ1n) is 6.06. The summed E-state index contributed by atoms with van der Waals surface area (Å²) in [5.74, 6) is 1.30. The monoisotopic (exact) mass is 268 g/mol. The van der Waals surface area contributed by atoms with Crippen LogP contribution in [0.25, 0.3) is 0 Å². The summed E-state index contributed by atoms with van der Waals surface area (Å²) in [6.45, 7) is 0. The van der Waals surface area contributed by atoms with Gasteiger partial charge in [-0.1, -0.05) is 18.9 Å². The molecule has 0 radical (unpaired) electrons. The molecule has 18 heavy (non-hydrogen) atoms. The molecule has 0 unspecified atom stereocenters. The largest absolute Gasteiger partial charge is 0.493 e. The zero-order chi connectivity index (χ0) is 13.2. The number of methoxy groups -OCH3 is 2. The maximum absolute atomic E-state index is 11.8. The smallest absolute Gasteiger partial charge is 0.232 e. The summed E-state index contributed by atoms with van der Waals surface area (Å²) in [7, 11) is 3.18. The highest BCUT2D eigenvalue weighted by Crippen LogP contribution is 2.45. The van der Waals surface area contributed by atoms with Gasteiger partial charge in [-0.2, -0.15) is 0 Å². The molecule has 98 valence electrons. The lowest BCUT2D eigenvalue weighted by Gasteiger charge is -2.25. The van der Waals surface area contributed by atoms with Crippen molar-refractivity contribution in [1.29, 1.82) is 0 Å². The van der Waals surface area contributed by atoms with Gasteiger partial charge in [0.2, 0.25) is 5.24 Å². The third-order valence-corrected chi connectivity index (χ3v) is 4.13. The van der Waals surface area contributed by atoms with Gasteiger partial charge in [-0.3, -0.25) is 4.79 Å². The Balaban J connectivity index is 2.46. The Labute approximate surface area is 112 Å². The molecular weight excluding hydrogens is 252 g/mol. The molecule has 0 N–H and O–H groups in total. The van der Waals surface area contributed by atoms with Crippen LogP contribution in [0.1, 0.15) is 31.2 Å². The number of carbonyl (C=O) groups is 1. The van der Waals surface area contributed by atoms with Crippen molar-refractivity contribution in [2.45, 2.75) is 31.1 Å². The van der Waals surface area contributed by atoms with Crippen LogP contribution in [0.5, 0.6) is 11.5 Å². The first-order chi connectivity index (χ1) is 8.64.